The van der Waals surface area contributed by atoms with Crippen molar-refractivity contribution in [2.45, 2.75) is 63.8 Å². The van der Waals surface area contributed by atoms with Crippen LogP contribution in [0.25, 0.3) is 0 Å². The van der Waals surface area contributed by atoms with Crippen molar-refractivity contribution in [3.8, 4) is 0 Å². The number of likely N-dealkylation sites (tertiary alicyclic amines) is 1. The van der Waals surface area contributed by atoms with Crippen LogP contribution in [0.15, 0.2) is 12.2 Å². The Morgan fingerprint density at radius 3 is 2.08 bits per heavy atom. The van der Waals surface area contributed by atoms with Crippen molar-refractivity contribution in [3.63, 3.8) is 0 Å². The first-order chi connectivity index (χ1) is 19.4. The van der Waals surface area contributed by atoms with Crippen molar-refractivity contribution >= 4 is 29.5 Å². The monoisotopic (exact) mass is 565 g/mol. The molecule has 2 aliphatic heterocycles. The summed E-state index contributed by atoms with van der Waals surface area (Å²) in [6.07, 6.45) is 10.7. The number of rotatable bonds is 16. The Morgan fingerprint density at radius 1 is 0.825 bits per heavy atom. The molecule has 12 heteroatoms. The summed E-state index contributed by atoms with van der Waals surface area (Å²) in [7, 11) is 3.39. The summed E-state index contributed by atoms with van der Waals surface area (Å²) in [6, 6.07) is -0.00367. The van der Waals surface area contributed by atoms with E-state index in [-0.39, 0.29) is 48.5 Å². The van der Waals surface area contributed by atoms with Crippen molar-refractivity contribution in [1.29, 1.82) is 0 Å². The van der Waals surface area contributed by atoms with E-state index in [1.165, 1.54) is 25.0 Å². The fraction of sp³-hybridized carbons (Fsp3) is 0.750. The van der Waals surface area contributed by atoms with Crippen molar-refractivity contribution in [2.75, 3.05) is 66.7 Å². The number of amides is 5. The number of hydrogen-bond donors (Lipinski definition) is 3. The average Bonchev–Trinajstić information content (AvgIpc) is 3.73. The Kier molecular flexibility index (Phi) is 16.1. The number of ether oxygens (including phenoxy) is 2. The molecule has 0 aromatic heterocycles. The van der Waals surface area contributed by atoms with Crippen LogP contribution < -0.4 is 16.0 Å². The van der Waals surface area contributed by atoms with Crippen LogP contribution in [-0.2, 0) is 33.4 Å². The predicted molar refractivity (Wildman–Crippen MR) is 149 cm³/mol. The van der Waals surface area contributed by atoms with Crippen LogP contribution in [-0.4, -0.2) is 112 Å². The molecule has 2 heterocycles. The second-order valence-electron chi connectivity index (χ2n) is 10.1. The Balaban J connectivity index is 0.000000526. The highest BCUT2D eigenvalue weighted by atomic mass is 16.5. The molecule has 0 aromatic rings. The topological polar surface area (TPSA) is 146 Å². The Bertz CT molecular complexity index is 842. The molecule has 12 nitrogen and oxygen atoms in total. The minimum absolute atomic E-state index is 0.00367. The highest BCUT2D eigenvalue weighted by Gasteiger charge is 2.29. The van der Waals surface area contributed by atoms with E-state index in [1.807, 2.05) is 0 Å². The molecule has 3 aliphatic rings. The molecule has 40 heavy (non-hydrogen) atoms. The van der Waals surface area contributed by atoms with Gasteiger partial charge in [-0.1, -0.05) is 12.8 Å². The van der Waals surface area contributed by atoms with Crippen LogP contribution >= 0.6 is 0 Å². The predicted octanol–water partition coefficient (Wildman–Crippen LogP) is 0.364. The van der Waals surface area contributed by atoms with Gasteiger partial charge in [-0.25, -0.2) is 0 Å². The molecule has 1 saturated heterocycles. The van der Waals surface area contributed by atoms with Gasteiger partial charge in [0.25, 0.3) is 11.8 Å². The summed E-state index contributed by atoms with van der Waals surface area (Å²) in [6.45, 7) is 4.53. The van der Waals surface area contributed by atoms with E-state index in [9.17, 15) is 24.0 Å². The normalized spacial score (nSPS) is 19.1. The Labute approximate surface area is 237 Å². The minimum atomic E-state index is -0.377. The van der Waals surface area contributed by atoms with Gasteiger partial charge in [0.05, 0.1) is 19.3 Å². The molecular formula is C28H47N5O7. The lowest BCUT2D eigenvalue weighted by Crippen LogP contribution is -2.42. The second kappa shape index (κ2) is 19.3. The number of nitrogens with one attached hydrogen (secondary N) is 3. The largest absolute Gasteiger partial charge is 0.379 e. The van der Waals surface area contributed by atoms with Crippen molar-refractivity contribution in [3.05, 3.63) is 12.2 Å². The van der Waals surface area contributed by atoms with Gasteiger partial charge in [-0.15, -0.1) is 0 Å². The number of imide groups is 1. The molecule has 1 aliphatic carbocycles. The molecule has 0 bridgehead atoms. The van der Waals surface area contributed by atoms with Gasteiger partial charge in [0, 0.05) is 71.4 Å². The third-order valence-electron chi connectivity index (χ3n) is 7.24. The first-order valence-electron chi connectivity index (χ1n) is 14.5. The number of carbonyl (C=O) groups is 5. The van der Waals surface area contributed by atoms with E-state index in [0.29, 0.717) is 45.3 Å². The molecular weight excluding hydrogens is 518 g/mol. The molecule has 0 spiro atoms. The van der Waals surface area contributed by atoms with E-state index < -0.39 is 0 Å². The fourth-order valence-corrected chi connectivity index (χ4v) is 5.00. The van der Waals surface area contributed by atoms with E-state index in [1.54, 1.807) is 14.1 Å². The van der Waals surface area contributed by atoms with Crippen LogP contribution in [0.5, 0.6) is 0 Å². The molecule has 3 N–H and O–H groups in total. The van der Waals surface area contributed by atoms with Crippen LogP contribution in [0.4, 0.5) is 0 Å². The molecule has 0 radical (unpaired) electrons. The number of carbonyl (C=O) groups excluding carboxylic acids is 5. The number of nitrogens with zero attached hydrogens (tertiary/aromatic N) is 2. The zero-order valence-electron chi connectivity index (χ0n) is 24.1. The summed E-state index contributed by atoms with van der Waals surface area (Å²) >= 11 is 0. The van der Waals surface area contributed by atoms with Gasteiger partial charge in [-0.05, 0) is 45.1 Å². The van der Waals surface area contributed by atoms with E-state index in [0.717, 1.165) is 50.1 Å². The number of hydrogen-bond acceptors (Lipinski definition) is 8. The molecule has 3 rings (SSSR count). The highest BCUT2D eigenvalue weighted by Crippen LogP contribution is 2.24. The minimum Gasteiger partial charge on any atom is -0.379 e. The van der Waals surface area contributed by atoms with Crippen molar-refractivity contribution < 1.29 is 33.4 Å². The van der Waals surface area contributed by atoms with E-state index in [4.69, 9.17) is 9.47 Å². The highest BCUT2D eigenvalue weighted by molar-refractivity contribution is 6.13. The lowest BCUT2D eigenvalue weighted by atomic mass is 10.1. The summed E-state index contributed by atoms with van der Waals surface area (Å²) in [4.78, 5) is 60.5. The summed E-state index contributed by atoms with van der Waals surface area (Å²) in [5.41, 5.74) is 0. The first kappa shape index (κ1) is 33.4. The molecule has 226 valence electrons. The molecule has 2 fully saturated rings. The summed E-state index contributed by atoms with van der Waals surface area (Å²) < 4.78 is 11.1. The first-order valence-corrected chi connectivity index (χ1v) is 14.5. The van der Waals surface area contributed by atoms with Gasteiger partial charge in [0.1, 0.15) is 0 Å². The summed E-state index contributed by atoms with van der Waals surface area (Å²) in [5.74, 6) is -0.304. The van der Waals surface area contributed by atoms with Crippen LogP contribution in [0.3, 0.4) is 0 Å². The SMILES string of the molecule is CNC(=O)C1CCCC1.CNC(=O)C1CCCN1CCCOCCOCCCNC(=O)CCN1C(=O)C=CC1=O. The van der Waals surface area contributed by atoms with E-state index in [2.05, 4.69) is 20.9 Å². The fourth-order valence-electron chi connectivity index (χ4n) is 5.00. The van der Waals surface area contributed by atoms with Crippen molar-refractivity contribution in [1.82, 2.24) is 25.8 Å². The van der Waals surface area contributed by atoms with Gasteiger partial charge < -0.3 is 25.4 Å². The van der Waals surface area contributed by atoms with Gasteiger partial charge in [-0.2, -0.15) is 0 Å². The standard InChI is InChI=1S/C21H34N4O6.C7H13NO/c1-22-21(29)17-5-2-10-24(17)11-4-14-31-16-15-30-13-3-9-23-18(26)8-12-25-19(27)6-7-20(25)28;1-8-7(9)6-4-2-3-5-6/h6-7,17H,2-5,8-16H2,1H3,(H,22,29)(H,23,26);6H,2-5H2,1H3,(H,8,9). The summed E-state index contributed by atoms with van der Waals surface area (Å²) in [5, 5.41) is 8.14. The third-order valence-corrected chi connectivity index (χ3v) is 7.24. The number of likely N-dealkylation sites (N-methyl/N-ethyl adjacent to an activating group) is 1. The van der Waals surface area contributed by atoms with E-state index >= 15 is 0 Å². The maximum absolute atomic E-state index is 11.8. The van der Waals surface area contributed by atoms with Crippen LogP contribution in [0.2, 0.25) is 0 Å². The molecule has 5 amide bonds. The molecule has 1 atom stereocenters. The molecule has 0 aromatic carbocycles. The molecule has 1 unspecified atom stereocenters. The molecule has 1 saturated carbocycles. The van der Waals surface area contributed by atoms with Gasteiger partial charge >= 0.3 is 0 Å². The lowest BCUT2D eigenvalue weighted by molar-refractivity contribution is -0.137. The van der Waals surface area contributed by atoms with Gasteiger partial charge in [-0.3, -0.25) is 33.8 Å². The van der Waals surface area contributed by atoms with Gasteiger partial charge in [0.2, 0.25) is 17.7 Å². The maximum atomic E-state index is 11.8. The quantitative estimate of drug-likeness (QED) is 0.180. The maximum Gasteiger partial charge on any atom is 0.253 e. The Hall–Kier alpha value is -2.83. The van der Waals surface area contributed by atoms with Crippen LogP contribution in [0.1, 0.15) is 57.8 Å². The second-order valence-corrected chi connectivity index (χ2v) is 10.1. The average molecular weight is 566 g/mol. The third kappa shape index (κ3) is 12.1. The lowest BCUT2D eigenvalue weighted by Gasteiger charge is -2.22. The zero-order valence-corrected chi connectivity index (χ0v) is 24.1. The smallest absolute Gasteiger partial charge is 0.253 e. The van der Waals surface area contributed by atoms with Crippen LogP contribution in [0, 0.1) is 5.92 Å². The zero-order chi connectivity index (χ0) is 29.2. The van der Waals surface area contributed by atoms with Crippen molar-refractivity contribution in [2.24, 2.45) is 5.92 Å². The Morgan fingerprint density at radius 2 is 1.45 bits per heavy atom. The van der Waals surface area contributed by atoms with Gasteiger partial charge in [0.15, 0.2) is 0 Å².